The van der Waals surface area contributed by atoms with Gasteiger partial charge in [0.15, 0.2) is 0 Å². The first-order chi connectivity index (χ1) is 12.8. The third kappa shape index (κ3) is 4.11. The van der Waals surface area contributed by atoms with Crippen molar-refractivity contribution < 1.29 is 18.0 Å². The zero-order valence-electron chi connectivity index (χ0n) is 14.2. The summed E-state index contributed by atoms with van der Waals surface area (Å²) in [5.41, 5.74) is -1.18. The average Bonchev–Trinajstić information content (AvgIpc) is 3.13. The Balaban J connectivity index is 1.97. The van der Waals surface area contributed by atoms with Crippen molar-refractivity contribution in [3.05, 3.63) is 86.0 Å². The van der Waals surface area contributed by atoms with Crippen LogP contribution in [0.2, 0.25) is 0 Å². The molecule has 0 saturated carbocycles. The highest BCUT2D eigenvalue weighted by molar-refractivity contribution is 7.09. The topological polar surface area (TPSA) is 51.1 Å². The number of aromatic nitrogens is 1. The van der Waals surface area contributed by atoms with Crippen molar-refractivity contribution in [2.75, 3.05) is 0 Å². The lowest BCUT2D eigenvalue weighted by molar-refractivity contribution is -0.137. The first-order valence-electron chi connectivity index (χ1n) is 7.98. The van der Waals surface area contributed by atoms with Crippen molar-refractivity contribution >= 4 is 17.2 Å². The molecule has 1 amide bonds. The summed E-state index contributed by atoms with van der Waals surface area (Å²) in [4.78, 5) is 26.1. The Morgan fingerprint density at radius 3 is 2.59 bits per heavy atom. The van der Waals surface area contributed by atoms with Gasteiger partial charge in [-0.25, -0.2) is 0 Å². The number of pyridine rings is 1. The van der Waals surface area contributed by atoms with Crippen LogP contribution in [0.1, 0.15) is 26.5 Å². The summed E-state index contributed by atoms with van der Waals surface area (Å²) in [5.74, 6) is -0.575. The van der Waals surface area contributed by atoms with Crippen LogP contribution in [0.4, 0.5) is 13.2 Å². The Kier molecular flexibility index (Phi) is 5.18. The van der Waals surface area contributed by atoms with Gasteiger partial charge in [0.05, 0.1) is 12.1 Å². The zero-order chi connectivity index (χ0) is 19.6. The Morgan fingerprint density at radius 2 is 1.93 bits per heavy atom. The van der Waals surface area contributed by atoms with E-state index in [0.717, 1.165) is 21.6 Å². The SMILES string of the molecule is Cc1ccc(C(=O)NCc2cccs2)c(=O)n1-c1cccc(C(F)(F)F)c1. The van der Waals surface area contributed by atoms with E-state index in [2.05, 4.69) is 5.32 Å². The Labute approximate surface area is 156 Å². The molecule has 1 N–H and O–H groups in total. The van der Waals surface area contributed by atoms with Crippen LogP contribution in [-0.2, 0) is 12.7 Å². The first-order valence-corrected chi connectivity index (χ1v) is 8.86. The minimum atomic E-state index is -4.52. The largest absolute Gasteiger partial charge is 0.416 e. The van der Waals surface area contributed by atoms with E-state index < -0.39 is 23.2 Å². The fourth-order valence-electron chi connectivity index (χ4n) is 2.62. The summed E-state index contributed by atoms with van der Waals surface area (Å²) < 4.78 is 40.0. The number of alkyl halides is 3. The van der Waals surface area contributed by atoms with Gasteiger partial charge in [-0.1, -0.05) is 12.1 Å². The van der Waals surface area contributed by atoms with Gasteiger partial charge < -0.3 is 5.32 Å². The Bertz CT molecular complexity index is 1020. The number of aryl methyl sites for hydroxylation is 1. The maximum absolute atomic E-state index is 13.0. The normalized spacial score (nSPS) is 11.4. The number of hydrogen-bond donors (Lipinski definition) is 1. The second-order valence-electron chi connectivity index (χ2n) is 5.84. The summed E-state index contributed by atoms with van der Waals surface area (Å²) in [6.07, 6.45) is -4.52. The van der Waals surface area contributed by atoms with Crippen molar-refractivity contribution in [3.63, 3.8) is 0 Å². The van der Waals surface area contributed by atoms with Crippen LogP contribution in [0.3, 0.4) is 0 Å². The fraction of sp³-hybridized carbons (Fsp3) is 0.158. The molecule has 0 bridgehead atoms. The van der Waals surface area contributed by atoms with Gasteiger partial charge in [0.25, 0.3) is 11.5 Å². The van der Waals surface area contributed by atoms with Gasteiger partial charge >= 0.3 is 6.18 Å². The fourth-order valence-corrected chi connectivity index (χ4v) is 3.27. The molecule has 0 atom stereocenters. The van der Waals surface area contributed by atoms with Crippen LogP contribution < -0.4 is 10.9 Å². The monoisotopic (exact) mass is 392 g/mol. The van der Waals surface area contributed by atoms with Crippen LogP contribution in [0, 0.1) is 6.92 Å². The van der Waals surface area contributed by atoms with Crippen molar-refractivity contribution in [1.29, 1.82) is 0 Å². The molecule has 0 radical (unpaired) electrons. The molecule has 0 saturated heterocycles. The molecule has 2 aromatic heterocycles. The Morgan fingerprint density at radius 1 is 1.15 bits per heavy atom. The highest BCUT2D eigenvalue weighted by Crippen LogP contribution is 2.30. The minimum Gasteiger partial charge on any atom is -0.347 e. The number of benzene rings is 1. The number of carbonyl (C=O) groups excluding carboxylic acids is 1. The van der Waals surface area contributed by atoms with Gasteiger partial charge in [0, 0.05) is 16.3 Å². The maximum atomic E-state index is 13.0. The minimum absolute atomic E-state index is 0.0558. The third-order valence-corrected chi connectivity index (χ3v) is 4.83. The van der Waals surface area contributed by atoms with Crippen molar-refractivity contribution in [2.24, 2.45) is 0 Å². The third-order valence-electron chi connectivity index (χ3n) is 3.96. The smallest absolute Gasteiger partial charge is 0.347 e. The van der Waals surface area contributed by atoms with E-state index in [9.17, 15) is 22.8 Å². The van der Waals surface area contributed by atoms with Crippen LogP contribution in [-0.4, -0.2) is 10.5 Å². The molecule has 0 aliphatic heterocycles. The molecule has 4 nitrogen and oxygen atoms in total. The van der Waals surface area contributed by atoms with Crippen molar-refractivity contribution in [2.45, 2.75) is 19.6 Å². The second-order valence-corrected chi connectivity index (χ2v) is 6.87. The van der Waals surface area contributed by atoms with Crippen LogP contribution in [0.15, 0.2) is 58.7 Å². The number of halogens is 3. The first kappa shape index (κ1) is 18.9. The van der Waals surface area contributed by atoms with E-state index in [0.29, 0.717) is 5.69 Å². The molecule has 3 rings (SSSR count). The summed E-state index contributed by atoms with van der Waals surface area (Å²) in [6, 6.07) is 11.1. The van der Waals surface area contributed by atoms with Crippen LogP contribution in [0.25, 0.3) is 5.69 Å². The van der Waals surface area contributed by atoms with E-state index in [1.165, 1.54) is 35.6 Å². The lowest BCUT2D eigenvalue weighted by Gasteiger charge is -2.14. The number of thiophene rings is 1. The molecule has 140 valence electrons. The predicted molar refractivity (Wildman–Crippen MR) is 97.3 cm³/mol. The summed E-state index contributed by atoms with van der Waals surface area (Å²) in [6.45, 7) is 1.86. The van der Waals surface area contributed by atoms with E-state index in [1.807, 2.05) is 17.5 Å². The van der Waals surface area contributed by atoms with E-state index in [-0.39, 0.29) is 17.8 Å². The van der Waals surface area contributed by atoms with Gasteiger partial charge in [-0.2, -0.15) is 13.2 Å². The van der Waals surface area contributed by atoms with E-state index in [1.54, 1.807) is 6.92 Å². The molecule has 0 spiro atoms. The van der Waals surface area contributed by atoms with Gasteiger partial charge in [-0.05, 0) is 48.7 Å². The highest BCUT2D eigenvalue weighted by Gasteiger charge is 2.30. The molecule has 2 heterocycles. The second kappa shape index (κ2) is 7.40. The quantitative estimate of drug-likeness (QED) is 0.725. The number of rotatable bonds is 4. The standard InChI is InChI=1S/C19H15F3N2O2S/c1-12-7-8-16(17(25)23-11-15-6-3-9-27-15)18(26)24(12)14-5-2-4-13(10-14)19(20,21)22/h2-10H,11H2,1H3,(H,23,25). The number of hydrogen-bond acceptors (Lipinski definition) is 3. The average molecular weight is 392 g/mol. The molecule has 1 aromatic carbocycles. The zero-order valence-corrected chi connectivity index (χ0v) is 15.0. The lowest BCUT2D eigenvalue weighted by atomic mass is 10.1. The molecule has 0 aliphatic rings. The van der Waals surface area contributed by atoms with Crippen molar-refractivity contribution in [1.82, 2.24) is 9.88 Å². The van der Waals surface area contributed by atoms with Gasteiger partial charge in [-0.15, -0.1) is 11.3 Å². The molecule has 0 aliphatic carbocycles. The van der Waals surface area contributed by atoms with E-state index in [4.69, 9.17) is 0 Å². The lowest BCUT2D eigenvalue weighted by Crippen LogP contribution is -2.33. The molecule has 0 unspecified atom stereocenters. The van der Waals surface area contributed by atoms with Gasteiger partial charge in [-0.3, -0.25) is 14.2 Å². The number of amides is 1. The van der Waals surface area contributed by atoms with Gasteiger partial charge in [0.1, 0.15) is 5.56 Å². The van der Waals surface area contributed by atoms with Crippen LogP contribution in [0.5, 0.6) is 0 Å². The predicted octanol–water partition coefficient (Wildman–Crippen LogP) is 4.16. The number of carbonyl (C=O) groups is 1. The van der Waals surface area contributed by atoms with Crippen LogP contribution >= 0.6 is 11.3 Å². The maximum Gasteiger partial charge on any atom is 0.416 e. The molecule has 3 aromatic rings. The molecule has 8 heteroatoms. The Hall–Kier alpha value is -2.87. The highest BCUT2D eigenvalue weighted by atomic mass is 32.1. The molecular weight excluding hydrogens is 377 g/mol. The number of nitrogens with zero attached hydrogens (tertiary/aromatic N) is 1. The molecular formula is C19H15F3N2O2S. The van der Waals surface area contributed by atoms with Gasteiger partial charge in [0.2, 0.25) is 0 Å². The summed E-state index contributed by atoms with van der Waals surface area (Å²) in [5, 5.41) is 4.52. The molecule has 0 fully saturated rings. The number of nitrogens with one attached hydrogen (secondary N) is 1. The summed E-state index contributed by atoms with van der Waals surface area (Å²) >= 11 is 1.47. The molecule has 27 heavy (non-hydrogen) atoms. The summed E-state index contributed by atoms with van der Waals surface area (Å²) in [7, 11) is 0. The van der Waals surface area contributed by atoms with Crippen molar-refractivity contribution in [3.8, 4) is 5.69 Å². The van der Waals surface area contributed by atoms with E-state index >= 15 is 0 Å².